The summed E-state index contributed by atoms with van der Waals surface area (Å²) in [7, 11) is 0. The number of aromatic nitrogens is 2. The van der Waals surface area contributed by atoms with Crippen LogP contribution < -0.4 is 5.32 Å². The van der Waals surface area contributed by atoms with E-state index < -0.39 is 29.2 Å². The summed E-state index contributed by atoms with van der Waals surface area (Å²) in [6.07, 6.45) is -1.24. The Labute approximate surface area is 178 Å². The van der Waals surface area contributed by atoms with Crippen LogP contribution in [-0.2, 0) is 22.3 Å². The molecule has 1 heterocycles. The quantitative estimate of drug-likeness (QED) is 0.682. The molecule has 0 aliphatic heterocycles. The first-order valence-electron chi connectivity index (χ1n) is 10.2. The van der Waals surface area contributed by atoms with E-state index >= 15 is 0 Å². The molecule has 0 saturated heterocycles. The van der Waals surface area contributed by atoms with Gasteiger partial charge in [-0.2, -0.15) is 18.3 Å². The number of ketones is 1. The Hall–Kier alpha value is -2.68. The summed E-state index contributed by atoms with van der Waals surface area (Å²) in [6, 6.07) is 6.31. The van der Waals surface area contributed by atoms with Gasteiger partial charge in [-0.3, -0.25) is 14.3 Å². The predicted molar refractivity (Wildman–Crippen MR) is 108 cm³/mol. The van der Waals surface area contributed by atoms with Crippen molar-refractivity contribution in [2.75, 3.05) is 5.32 Å². The Morgan fingerprint density at radius 2 is 2.06 bits per heavy atom. The van der Waals surface area contributed by atoms with Crippen LogP contribution >= 0.6 is 0 Å². The van der Waals surface area contributed by atoms with E-state index in [9.17, 15) is 27.9 Å². The van der Waals surface area contributed by atoms with Gasteiger partial charge in [0.1, 0.15) is 5.78 Å². The lowest BCUT2D eigenvalue weighted by Crippen LogP contribution is -2.27. The molecule has 0 bridgehead atoms. The first-order valence-corrected chi connectivity index (χ1v) is 10.2. The minimum Gasteiger partial charge on any atom is -0.389 e. The number of benzene rings is 1. The highest BCUT2D eigenvalue weighted by molar-refractivity contribution is 5.95. The number of amides is 1. The zero-order valence-electron chi connectivity index (χ0n) is 17.4. The molecule has 1 aliphatic carbocycles. The highest BCUT2D eigenvalue weighted by Gasteiger charge is 2.34. The lowest BCUT2D eigenvalue weighted by Gasteiger charge is -2.21. The van der Waals surface area contributed by atoms with Crippen LogP contribution in [0.2, 0.25) is 0 Å². The average Bonchev–Trinajstić information content (AvgIpc) is 3.26. The van der Waals surface area contributed by atoms with Gasteiger partial charge < -0.3 is 10.4 Å². The molecular formula is C22H26F3N3O3. The maximum absolute atomic E-state index is 13.2. The van der Waals surface area contributed by atoms with Gasteiger partial charge in [0.2, 0.25) is 5.91 Å². The van der Waals surface area contributed by atoms with E-state index in [-0.39, 0.29) is 36.0 Å². The number of rotatable bonds is 7. The molecule has 2 aromatic rings. The molecule has 9 heteroatoms. The topological polar surface area (TPSA) is 84.2 Å². The molecule has 1 fully saturated rings. The van der Waals surface area contributed by atoms with Crippen molar-refractivity contribution >= 4 is 17.5 Å². The fraction of sp³-hybridized carbons (Fsp3) is 0.500. The van der Waals surface area contributed by atoms with Gasteiger partial charge in [-0.1, -0.05) is 18.2 Å². The first kappa shape index (κ1) is 23.0. The van der Waals surface area contributed by atoms with Gasteiger partial charge in [-0.25, -0.2) is 0 Å². The van der Waals surface area contributed by atoms with Crippen molar-refractivity contribution in [3.05, 3.63) is 47.7 Å². The van der Waals surface area contributed by atoms with Crippen LogP contribution in [0.4, 0.5) is 19.0 Å². The number of alkyl halides is 3. The van der Waals surface area contributed by atoms with Crippen LogP contribution in [0.5, 0.6) is 0 Å². The minimum absolute atomic E-state index is 0.0504. The zero-order chi connectivity index (χ0) is 22.8. The van der Waals surface area contributed by atoms with Gasteiger partial charge in [0, 0.05) is 25.1 Å². The molecule has 2 atom stereocenters. The van der Waals surface area contributed by atoms with Gasteiger partial charge in [0.05, 0.1) is 23.6 Å². The number of halogens is 3. The van der Waals surface area contributed by atoms with Crippen LogP contribution in [0.1, 0.15) is 56.6 Å². The second-order valence-electron chi connectivity index (χ2n) is 8.76. The fourth-order valence-electron chi connectivity index (χ4n) is 3.88. The fourth-order valence-corrected chi connectivity index (χ4v) is 3.88. The van der Waals surface area contributed by atoms with Crippen molar-refractivity contribution in [3.63, 3.8) is 0 Å². The molecule has 1 amide bonds. The monoisotopic (exact) mass is 437 g/mol. The summed E-state index contributed by atoms with van der Waals surface area (Å²) < 4.78 is 41.1. The number of anilines is 1. The van der Waals surface area contributed by atoms with Crippen LogP contribution in [0.3, 0.4) is 0 Å². The summed E-state index contributed by atoms with van der Waals surface area (Å²) in [5, 5.41) is 16.8. The van der Waals surface area contributed by atoms with Gasteiger partial charge in [0.25, 0.3) is 0 Å². The number of nitrogens with zero attached hydrogens (tertiary/aromatic N) is 2. The van der Waals surface area contributed by atoms with Crippen molar-refractivity contribution in [3.8, 4) is 0 Å². The van der Waals surface area contributed by atoms with Gasteiger partial charge in [-0.15, -0.1) is 0 Å². The minimum atomic E-state index is -4.52. The average molecular weight is 437 g/mol. The second-order valence-corrected chi connectivity index (χ2v) is 8.76. The highest BCUT2D eigenvalue weighted by atomic mass is 19.4. The summed E-state index contributed by atoms with van der Waals surface area (Å²) in [5.74, 6) is -1.03. The van der Waals surface area contributed by atoms with Gasteiger partial charge in [-0.05, 0) is 44.2 Å². The van der Waals surface area contributed by atoms with E-state index in [2.05, 4.69) is 10.4 Å². The SMILES string of the molecule is CC(C)(O)Cn1ccc(NC(=O)C(C[C@H]2CCC(=O)C2)c2cccc(C(F)(F)F)c2)n1. The molecule has 2 N–H and O–H groups in total. The van der Waals surface area contributed by atoms with E-state index in [4.69, 9.17) is 0 Å². The van der Waals surface area contributed by atoms with Crippen molar-refractivity contribution in [2.45, 2.75) is 63.8 Å². The third-order valence-corrected chi connectivity index (χ3v) is 5.29. The lowest BCUT2D eigenvalue weighted by molar-refractivity contribution is -0.137. The van der Waals surface area contributed by atoms with Crippen molar-refractivity contribution in [1.82, 2.24) is 9.78 Å². The molecular weight excluding hydrogens is 411 g/mol. The third-order valence-electron chi connectivity index (χ3n) is 5.29. The van der Waals surface area contributed by atoms with Crippen molar-refractivity contribution in [2.24, 2.45) is 5.92 Å². The molecule has 6 nitrogen and oxygen atoms in total. The molecule has 1 aromatic heterocycles. The number of hydrogen-bond acceptors (Lipinski definition) is 4. The molecule has 168 valence electrons. The van der Waals surface area contributed by atoms with Crippen LogP contribution in [0.15, 0.2) is 36.5 Å². The Morgan fingerprint density at radius 3 is 2.68 bits per heavy atom. The van der Waals surface area contributed by atoms with E-state index in [0.29, 0.717) is 19.3 Å². The summed E-state index contributed by atoms with van der Waals surface area (Å²) in [5.41, 5.74) is -1.56. The Balaban J connectivity index is 1.82. The maximum atomic E-state index is 13.2. The molecule has 0 spiro atoms. The largest absolute Gasteiger partial charge is 0.416 e. The number of Topliss-reactive ketones (excluding diaryl/α,β-unsaturated/α-hetero) is 1. The Bertz CT molecular complexity index is 947. The molecule has 31 heavy (non-hydrogen) atoms. The summed E-state index contributed by atoms with van der Waals surface area (Å²) in [4.78, 5) is 24.7. The van der Waals surface area contributed by atoms with E-state index in [1.54, 1.807) is 26.1 Å². The third kappa shape index (κ3) is 6.40. The first-order chi connectivity index (χ1) is 14.4. The second kappa shape index (κ2) is 8.82. The standard InChI is InChI=1S/C22H26F3N3O3/c1-21(2,31)13-28-9-8-19(27-28)26-20(30)18(11-14-6-7-17(29)10-14)15-4-3-5-16(12-15)22(23,24)25/h3-5,8-9,12,14,18,31H,6-7,10-11,13H2,1-2H3,(H,26,27,30)/t14-,18?/m0/s1. The Morgan fingerprint density at radius 1 is 1.32 bits per heavy atom. The molecule has 0 radical (unpaired) electrons. The number of hydrogen-bond donors (Lipinski definition) is 2. The van der Waals surface area contributed by atoms with Gasteiger partial charge in [0.15, 0.2) is 5.82 Å². The van der Waals surface area contributed by atoms with Crippen LogP contribution in [0.25, 0.3) is 0 Å². The number of nitrogens with one attached hydrogen (secondary N) is 1. The number of carbonyl (C=O) groups is 2. The molecule has 1 saturated carbocycles. The highest BCUT2D eigenvalue weighted by Crippen LogP contribution is 2.36. The molecule has 1 aromatic carbocycles. The Kier molecular flexibility index (Phi) is 6.54. The van der Waals surface area contributed by atoms with E-state index in [0.717, 1.165) is 12.1 Å². The van der Waals surface area contributed by atoms with Crippen molar-refractivity contribution in [1.29, 1.82) is 0 Å². The smallest absolute Gasteiger partial charge is 0.389 e. The predicted octanol–water partition coefficient (Wildman–Crippen LogP) is 4.15. The maximum Gasteiger partial charge on any atom is 0.416 e. The van der Waals surface area contributed by atoms with E-state index in [1.165, 1.54) is 16.8 Å². The summed E-state index contributed by atoms with van der Waals surface area (Å²) in [6.45, 7) is 3.46. The van der Waals surface area contributed by atoms with Crippen LogP contribution in [-0.4, -0.2) is 32.2 Å². The van der Waals surface area contributed by atoms with Gasteiger partial charge >= 0.3 is 6.18 Å². The van der Waals surface area contributed by atoms with Crippen LogP contribution in [0, 0.1) is 5.92 Å². The van der Waals surface area contributed by atoms with Crippen molar-refractivity contribution < 1.29 is 27.9 Å². The summed E-state index contributed by atoms with van der Waals surface area (Å²) >= 11 is 0. The van der Waals surface area contributed by atoms with E-state index in [1.807, 2.05) is 0 Å². The molecule has 1 unspecified atom stereocenters. The lowest BCUT2D eigenvalue weighted by atomic mass is 9.86. The normalized spacial score (nSPS) is 18.3. The molecule has 1 aliphatic rings. The number of carbonyl (C=O) groups excluding carboxylic acids is 2. The zero-order valence-corrected chi connectivity index (χ0v) is 17.4. The molecule has 3 rings (SSSR count). The number of aliphatic hydroxyl groups is 1.